The molecule has 0 spiro atoms. The van der Waals surface area contributed by atoms with Crippen LogP contribution < -0.4 is 0 Å². The predicted molar refractivity (Wildman–Crippen MR) is 59.9 cm³/mol. The Morgan fingerprint density at radius 3 is 2.80 bits per heavy atom. The number of halogens is 1. The first-order valence-electron chi connectivity index (χ1n) is 4.67. The second-order valence-electron chi connectivity index (χ2n) is 3.48. The van der Waals surface area contributed by atoms with E-state index in [9.17, 15) is 9.90 Å². The molecular formula is C11H14ClNO2. The van der Waals surface area contributed by atoms with E-state index in [-0.39, 0.29) is 11.7 Å². The van der Waals surface area contributed by atoms with Crippen molar-refractivity contribution in [1.29, 1.82) is 0 Å². The van der Waals surface area contributed by atoms with Crippen LogP contribution in [0.4, 0.5) is 0 Å². The summed E-state index contributed by atoms with van der Waals surface area (Å²) < 4.78 is 0. The van der Waals surface area contributed by atoms with Gasteiger partial charge in [0, 0.05) is 13.6 Å². The molecule has 3 nitrogen and oxygen atoms in total. The number of aromatic hydroxyl groups is 1. The lowest BCUT2D eigenvalue weighted by Gasteiger charge is -2.18. The Balaban J connectivity index is 2.66. The van der Waals surface area contributed by atoms with Gasteiger partial charge in [-0.05, 0) is 24.6 Å². The summed E-state index contributed by atoms with van der Waals surface area (Å²) in [6, 6.07) is 6.81. The molecule has 0 saturated carbocycles. The third-order valence-corrected chi connectivity index (χ3v) is 2.23. The molecule has 1 atom stereocenters. The van der Waals surface area contributed by atoms with Crippen LogP contribution in [0.25, 0.3) is 0 Å². The quantitative estimate of drug-likeness (QED) is 0.803. The number of benzene rings is 1. The Morgan fingerprint density at radius 2 is 2.27 bits per heavy atom. The van der Waals surface area contributed by atoms with Crippen molar-refractivity contribution in [2.75, 3.05) is 7.05 Å². The van der Waals surface area contributed by atoms with Crippen LogP contribution in [0.1, 0.15) is 12.5 Å². The average molecular weight is 228 g/mol. The van der Waals surface area contributed by atoms with Gasteiger partial charge in [-0.3, -0.25) is 4.79 Å². The van der Waals surface area contributed by atoms with Gasteiger partial charge in [-0.2, -0.15) is 0 Å². The third kappa shape index (κ3) is 3.44. The maximum atomic E-state index is 11.5. The fourth-order valence-corrected chi connectivity index (χ4v) is 1.48. The van der Waals surface area contributed by atoms with Crippen molar-refractivity contribution in [2.24, 2.45) is 0 Å². The van der Waals surface area contributed by atoms with E-state index in [0.29, 0.717) is 6.54 Å². The molecule has 0 aliphatic heterocycles. The summed E-state index contributed by atoms with van der Waals surface area (Å²) in [6.45, 7) is 2.09. The average Bonchev–Trinajstić information content (AvgIpc) is 2.16. The second-order valence-corrected chi connectivity index (χ2v) is 4.13. The first-order chi connectivity index (χ1) is 7.00. The van der Waals surface area contributed by atoms with Crippen molar-refractivity contribution in [3.63, 3.8) is 0 Å². The van der Waals surface area contributed by atoms with E-state index in [1.54, 1.807) is 32.2 Å². The fourth-order valence-electron chi connectivity index (χ4n) is 1.31. The number of carbonyl (C=O) groups is 1. The number of phenolic OH excluding ortho intramolecular Hbond substituents is 1. The number of hydrogen-bond acceptors (Lipinski definition) is 2. The smallest absolute Gasteiger partial charge is 0.240 e. The molecule has 82 valence electrons. The number of hydrogen-bond donors (Lipinski definition) is 1. The van der Waals surface area contributed by atoms with E-state index >= 15 is 0 Å². The second kappa shape index (κ2) is 5.03. The topological polar surface area (TPSA) is 40.5 Å². The highest BCUT2D eigenvalue weighted by atomic mass is 35.5. The van der Waals surface area contributed by atoms with Gasteiger partial charge in [0.1, 0.15) is 11.1 Å². The molecule has 1 unspecified atom stereocenters. The summed E-state index contributed by atoms with van der Waals surface area (Å²) >= 11 is 5.68. The number of rotatable bonds is 3. The first-order valence-corrected chi connectivity index (χ1v) is 5.11. The van der Waals surface area contributed by atoms with E-state index in [2.05, 4.69) is 0 Å². The summed E-state index contributed by atoms with van der Waals surface area (Å²) in [7, 11) is 1.69. The third-order valence-electron chi connectivity index (χ3n) is 2.05. The Bertz CT molecular complexity index is 352. The van der Waals surface area contributed by atoms with Crippen molar-refractivity contribution in [1.82, 2.24) is 4.90 Å². The minimum absolute atomic E-state index is 0.125. The molecule has 4 heteroatoms. The highest BCUT2D eigenvalue weighted by Crippen LogP contribution is 2.13. The van der Waals surface area contributed by atoms with Gasteiger partial charge in [0.25, 0.3) is 0 Å². The number of nitrogens with zero attached hydrogens (tertiary/aromatic N) is 1. The normalized spacial score (nSPS) is 12.2. The molecule has 0 fully saturated rings. The summed E-state index contributed by atoms with van der Waals surface area (Å²) in [6.07, 6.45) is 0. The minimum Gasteiger partial charge on any atom is -0.508 e. The molecule has 1 rings (SSSR count). The molecule has 1 aromatic rings. The molecule has 1 amide bonds. The molecule has 0 heterocycles. The Kier molecular flexibility index (Phi) is 3.97. The maximum absolute atomic E-state index is 11.5. The van der Waals surface area contributed by atoms with Crippen molar-refractivity contribution < 1.29 is 9.90 Å². The van der Waals surface area contributed by atoms with Crippen LogP contribution in [0.15, 0.2) is 24.3 Å². The monoisotopic (exact) mass is 227 g/mol. The summed E-state index contributed by atoms with van der Waals surface area (Å²) in [5.41, 5.74) is 0.878. The van der Waals surface area contributed by atoms with Crippen molar-refractivity contribution in [2.45, 2.75) is 18.8 Å². The highest BCUT2D eigenvalue weighted by molar-refractivity contribution is 6.30. The zero-order chi connectivity index (χ0) is 11.4. The molecule has 0 saturated heterocycles. The van der Waals surface area contributed by atoms with Crippen LogP contribution in [-0.4, -0.2) is 28.3 Å². The molecule has 15 heavy (non-hydrogen) atoms. The zero-order valence-corrected chi connectivity index (χ0v) is 9.53. The zero-order valence-electron chi connectivity index (χ0n) is 8.77. The van der Waals surface area contributed by atoms with Gasteiger partial charge in [0.15, 0.2) is 0 Å². The first kappa shape index (κ1) is 11.9. The summed E-state index contributed by atoms with van der Waals surface area (Å²) in [5, 5.41) is 8.72. The number of alkyl halides is 1. The molecule has 1 aromatic carbocycles. The number of amides is 1. The van der Waals surface area contributed by atoms with Crippen LogP contribution >= 0.6 is 11.6 Å². The van der Waals surface area contributed by atoms with E-state index in [4.69, 9.17) is 11.6 Å². The Labute approximate surface area is 94.3 Å². The molecule has 0 aliphatic rings. The van der Waals surface area contributed by atoms with E-state index in [1.807, 2.05) is 6.07 Å². The van der Waals surface area contributed by atoms with Gasteiger partial charge < -0.3 is 10.0 Å². The lowest BCUT2D eigenvalue weighted by molar-refractivity contribution is -0.129. The van der Waals surface area contributed by atoms with E-state index in [0.717, 1.165) is 5.56 Å². The molecule has 0 bridgehead atoms. The lowest BCUT2D eigenvalue weighted by Crippen LogP contribution is -2.31. The Morgan fingerprint density at radius 1 is 1.60 bits per heavy atom. The van der Waals surface area contributed by atoms with Gasteiger partial charge in [-0.15, -0.1) is 11.6 Å². The van der Waals surface area contributed by atoms with Crippen molar-refractivity contribution in [3.05, 3.63) is 29.8 Å². The number of carbonyl (C=O) groups excluding carboxylic acids is 1. The van der Waals surface area contributed by atoms with Gasteiger partial charge in [0.2, 0.25) is 5.91 Å². The summed E-state index contributed by atoms with van der Waals surface area (Å²) in [4.78, 5) is 13.0. The van der Waals surface area contributed by atoms with Crippen LogP contribution in [0, 0.1) is 0 Å². The minimum atomic E-state index is -0.521. The van der Waals surface area contributed by atoms with Crippen LogP contribution in [0.3, 0.4) is 0 Å². The maximum Gasteiger partial charge on any atom is 0.240 e. The van der Waals surface area contributed by atoms with E-state index in [1.165, 1.54) is 4.90 Å². The molecular weight excluding hydrogens is 214 g/mol. The summed E-state index contributed by atoms with van der Waals surface area (Å²) in [5.74, 6) is 0.0762. The Hall–Kier alpha value is -1.22. The molecule has 0 aliphatic carbocycles. The molecule has 0 aromatic heterocycles. The standard InChI is InChI=1S/C11H14ClNO2/c1-8(12)11(15)13(2)7-9-4-3-5-10(14)6-9/h3-6,8,14H,7H2,1-2H3. The van der Waals surface area contributed by atoms with Crippen LogP contribution in [0.2, 0.25) is 0 Å². The van der Waals surface area contributed by atoms with Gasteiger partial charge in [0.05, 0.1) is 0 Å². The van der Waals surface area contributed by atoms with Crippen LogP contribution in [0.5, 0.6) is 5.75 Å². The van der Waals surface area contributed by atoms with Gasteiger partial charge in [-0.1, -0.05) is 12.1 Å². The van der Waals surface area contributed by atoms with Gasteiger partial charge in [-0.25, -0.2) is 0 Å². The largest absolute Gasteiger partial charge is 0.508 e. The lowest BCUT2D eigenvalue weighted by atomic mass is 10.2. The SMILES string of the molecule is CC(Cl)C(=O)N(C)Cc1cccc(O)c1. The van der Waals surface area contributed by atoms with Crippen molar-refractivity contribution in [3.8, 4) is 5.75 Å². The number of phenols is 1. The van der Waals surface area contributed by atoms with Gasteiger partial charge >= 0.3 is 0 Å². The predicted octanol–water partition coefficient (Wildman–Crippen LogP) is 1.98. The molecule has 0 radical (unpaired) electrons. The molecule has 1 N–H and O–H groups in total. The highest BCUT2D eigenvalue weighted by Gasteiger charge is 2.14. The van der Waals surface area contributed by atoms with Crippen molar-refractivity contribution >= 4 is 17.5 Å². The fraction of sp³-hybridized carbons (Fsp3) is 0.364. The van der Waals surface area contributed by atoms with E-state index < -0.39 is 5.38 Å². The van der Waals surface area contributed by atoms with Crippen LogP contribution in [-0.2, 0) is 11.3 Å².